The molecule has 1 heterocycles. The molecule has 0 radical (unpaired) electrons. The van der Waals surface area contributed by atoms with Gasteiger partial charge in [0.1, 0.15) is 11.5 Å². The zero-order chi connectivity index (χ0) is 11.5. The maximum absolute atomic E-state index is 6.27. The summed E-state index contributed by atoms with van der Waals surface area (Å²) < 4.78 is 16.0. The SMILES string of the molecule is COc1cc(OC)c2c(c1)C(Cl)COCC2. The van der Waals surface area contributed by atoms with Gasteiger partial charge in [-0.2, -0.15) is 0 Å². The molecular weight excluding hydrogens is 228 g/mol. The third kappa shape index (κ3) is 2.11. The highest BCUT2D eigenvalue weighted by Crippen LogP contribution is 2.36. The molecule has 1 atom stereocenters. The Kier molecular flexibility index (Phi) is 3.56. The molecule has 0 saturated carbocycles. The lowest BCUT2D eigenvalue weighted by Crippen LogP contribution is -2.01. The van der Waals surface area contributed by atoms with Crippen LogP contribution < -0.4 is 9.47 Å². The number of rotatable bonds is 2. The summed E-state index contributed by atoms with van der Waals surface area (Å²) in [6.45, 7) is 1.21. The highest BCUT2D eigenvalue weighted by Gasteiger charge is 2.21. The minimum atomic E-state index is -0.138. The van der Waals surface area contributed by atoms with Crippen molar-refractivity contribution in [1.29, 1.82) is 0 Å². The lowest BCUT2D eigenvalue weighted by atomic mass is 10.0. The van der Waals surface area contributed by atoms with Crippen molar-refractivity contribution >= 4 is 11.6 Å². The van der Waals surface area contributed by atoms with Crippen molar-refractivity contribution < 1.29 is 14.2 Å². The van der Waals surface area contributed by atoms with E-state index in [1.807, 2.05) is 12.1 Å². The first-order valence-electron chi connectivity index (χ1n) is 5.23. The van der Waals surface area contributed by atoms with E-state index in [9.17, 15) is 0 Å². The van der Waals surface area contributed by atoms with Crippen LogP contribution in [0.4, 0.5) is 0 Å². The number of hydrogen-bond acceptors (Lipinski definition) is 3. The molecule has 16 heavy (non-hydrogen) atoms. The maximum Gasteiger partial charge on any atom is 0.126 e. The van der Waals surface area contributed by atoms with Gasteiger partial charge in [0.15, 0.2) is 0 Å². The van der Waals surface area contributed by atoms with E-state index in [-0.39, 0.29) is 5.38 Å². The summed E-state index contributed by atoms with van der Waals surface area (Å²) in [4.78, 5) is 0. The zero-order valence-corrected chi connectivity index (χ0v) is 10.2. The van der Waals surface area contributed by atoms with E-state index in [0.29, 0.717) is 13.2 Å². The van der Waals surface area contributed by atoms with E-state index >= 15 is 0 Å². The van der Waals surface area contributed by atoms with Crippen LogP contribution in [0.15, 0.2) is 12.1 Å². The van der Waals surface area contributed by atoms with Gasteiger partial charge in [0.25, 0.3) is 0 Å². The highest BCUT2D eigenvalue weighted by atomic mass is 35.5. The number of halogens is 1. The van der Waals surface area contributed by atoms with Gasteiger partial charge in [-0.25, -0.2) is 0 Å². The quantitative estimate of drug-likeness (QED) is 0.746. The second-order valence-corrected chi connectivity index (χ2v) is 4.22. The summed E-state index contributed by atoms with van der Waals surface area (Å²) in [5, 5.41) is -0.138. The van der Waals surface area contributed by atoms with Crippen LogP contribution in [0.1, 0.15) is 16.5 Å². The zero-order valence-electron chi connectivity index (χ0n) is 9.46. The molecule has 0 saturated heterocycles. The van der Waals surface area contributed by atoms with Crippen molar-refractivity contribution in [3.63, 3.8) is 0 Å². The second-order valence-electron chi connectivity index (χ2n) is 3.69. The summed E-state index contributed by atoms with van der Waals surface area (Å²) in [6, 6.07) is 3.85. The molecule has 0 fully saturated rings. The highest BCUT2D eigenvalue weighted by molar-refractivity contribution is 6.21. The van der Waals surface area contributed by atoms with Crippen LogP contribution in [0.25, 0.3) is 0 Å². The normalized spacial score (nSPS) is 19.8. The summed E-state index contributed by atoms with van der Waals surface area (Å²) in [6.07, 6.45) is 0.825. The fourth-order valence-electron chi connectivity index (χ4n) is 1.94. The van der Waals surface area contributed by atoms with Crippen molar-refractivity contribution in [3.05, 3.63) is 23.3 Å². The van der Waals surface area contributed by atoms with Gasteiger partial charge in [-0.05, 0) is 18.1 Å². The van der Waals surface area contributed by atoms with Crippen LogP contribution in [0, 0.1) is 0 Å². The van der Waals surface area contributed by atoms with Gasteiger partial charge < -0.3 is 14.2 Å². The summed E-state index contributed by atoms with van der Waals surface area (Å²) in [5.41, 5.74) is 2.18. The van der Waals surface area contributed by atoms with Crippen molar-refractivity contribution in [1.82, 2.24) is 0 Å². The molecule has 0 amide bonds. The number of alkyl halides is 1. The topological polar surface area (TPSA) is 27.7 Å². The Morgan fingerprint density at radius 2 is 2.12 bits per heavy atom. The van der Waals surface area contributed by atoms with Gasteiger partial charge >= 0.3 is 0 Å². The summed E-state index contributed by atoms with van der Waals surface area (Å²) in [5.74, 6) is 1.59. The van der Waals surface area contributed by atoms with Crippen molar-refractivity contribution in [3.8, 4) is 11.5 Å². The Morgan fingerprint density at radius 1 is 1.31 bits per heavy atom. The largest absolute Gasteiger partial charge is 0.497 e. The molecule has 4 heteroatoms. The Labute approximate surface area is 100 Å². The van der Waals surface area contributed by atoms with Crippen molar-refractivity contribution in [2.45, 2.75) is 11.8 Å². The summed E-state index contributed by atoms with van der Waals surface area (Å²) >= 11 is 6.27. The van der Waals surface area contributed by atoms with E-state index < -0.39 is 0 Å². The third-order valence-corrected chi connectivity index (χ3v) is 3.13. The number of ether oxygens (including phenoxy) is 3. The Balaban J connectivity index is 2.51. The van der Waals surface area contributed by atoms with E-state index in [1.165, 1.54) is 0 Å². The first-order chi connectivity index (χ1) is 7.76. The van der Waals surface area contributed by atoms with Crippen molar-refractivity contribution in [2.75, 3.05) is 27.4 Å². The van der Waals surface area contributed by atoms with E-state index in [4.69, 9.17) is 25.8 Å². The molecule has 2 rings (SSSR count). The molecule has 1 aliphatic heterocycles. The molecule has 1 aromatic rings. The molecule has 0 aromatic heterocycles. The first kappa shape index (κ1) is 11.6. The predicted octanol–water partition coefficient (Wildman–Crippen LogP) is 2.56. The third-order valence-electron chi connectivity index (χ3n) is 2.77. The fraction of sp³-hybridized carbons (Fsp3) is 0.500. The van der Waals surface area contributed by atoms with Crippen LogP contribution in [0.3, 0.4) is 0 Å². The lowest BCUT2D eigenvalue weighted by Gasteiger charge is -2.15. The Bertz CT molecular complexity index is 379. The Hall–Kier alpha value is -0.930. The maximum atomic E-state index is 6.27. The second kappa shape index (κ2) is 4.93. The van der Waals surface area contributed by atoms with Gasteiger partial charge in [-0.15, -0.1) is 11.6 Å². The lowest BCUT2D eigenvalue weighted by molar-refractivity contribution is 0.143. The van der Waals surface area contributed by atoms with Gasteiger partial charge in [0.05, 0.1) is 32.8 Å². The van der Waals surface area contributed by atoms with Crippen LogP contribution in [0.2, 0.25) is 0 Å². The number of hydrogen-bond donors (Lipinski definition) is 0. The van der Waals surface area contributed by atoms with Crippen LogP contribution >= 0.6 is 11.6 Å². The fourth-order valence-corrected chi connectivity index (χ4v) is 2.22. The minimum absolute atomic E-state index is 0.138. The van der Waals surface area contributed by atoms with Crippen LogP contribution in [-0.4, -0.2) is 27.4 Å². The Morgan fingerprint density at radius 3 is 2.81 bits per heavy atom. The first-order valence-corrected chi connectivity index (χ1v) is 5.66. The molecule has 1 unspecified atom stereocenters. The molecule has 0 aliphatic carbocycles. The number of fused-ring (bicyclic) bond motifs is 1. The molecule has 1 aliphatic rings. The van der Waals surface area contributed by atoms with Crippen LogP contribution in [-0.2, 0) is 11.2 Å². The minimum Gasteiger partial charge on any atom is -0.497 e. The van der Waals surface area contributed by atoms with Gasteiger partial charge in [0, 0.05) is 11.6 Å². The number of methoxy groups -OCH3 is 2. The average molecular weight is 243 g/mol. The summed E-state index contributed by atoms with van der Waals surface area (Å²) in [7, 11) is 3.29. The monoisotopic (exact) mass is 242 g/mol. The van der Waals surface area contributed by atoms with Crippen LogP contribution in [0.5, 0.6) is 11.5 Å². The standard InChI is InChI=1S/C12H15ClO3/c1-14-8-5-10-9(12(6-8)15-2)3-4-16-7-11(10)13/h5-6,11H,3-4,7H2,1-2H3. The van der Waals surface area contributed by atoms with Gasteiger partial charge in [0.2, 0.25) is 0 Å². The van der Waals surface area contributed by atoms with E-state index in [0.717, 1.165) is 29.0 Å². The van der Waals surface area contributed by atoms with Crippen molar-refractivity contribution in [2.24, 2.45) is 0 Å². The molecular formula is C12H15ClO3. The molecule has 1 aromatic carbocycles. The van der Waals surface area contributed by atoms with E-state index in [1.54, 1.807) is 14.2 Å². The van der Waals surface area contributed by atoms with E-state index in [2.05, 4.69) is 0 Å². The average Bonchev–Trinajstić information content (AvgIpc) is 2.50. The van der Waals surface area contributed by atoms with Gasteiger partial charge in [-0.1, -0.05) is 0 Å². The molecule has 88 valence electrons. The molecule has 0 bridgehead atoms. The molecule has 0 spiro atoms. The molecule has 3 nitrogen and oxygen atoms in total. The number of benzene rings is 1. The van der Waals surface area contributed by atoms with Gasteiger partial charge in [-0.3, -0.25) is 0 Å². The smallest absolute Gasteiger partial charge is 0.126 e. The molecule has 0 N–H and O–H groups in total. The predicted molar refractivity (Wildman–Crippen MR) is 62.7 cm³/mol.